The molecule has 0 aliphatic heterocycles. The molecule has 0 bridgehead atoms. The summed E-state index contributed by atoms with van der Waals surface area (Å²) in [4.78, 5) is 0. The van der Waals surface area contributed by atoms with Gasteiger partial charge in [0, 0.05) is 5.92 Å². The first kappa shape index (κ1) is 23.0. The van der Waals surface area contributed by atoms with Gasteiger partial charge >= 0.3 is 0 Å². The zero-order valence-electron chi connectivity index (χ0n) is 21.9. The maximum atomic E-state index is 2.49. The summed E-state index contributed by atoms with van der Waals surface area (Å²) in [5, 5.41) is 5.56. The van der Waals surface area contributed by atoms with Gasteiger partial charge in [0.15, 0.2) is 0 Å². The maximum absolute atomic E-state index is 2.49. The Morgan fingerprint density at radius 3 is 2.11 bits per heavy atom. The minimum Gasteiger partial charge on any atom is -0.0647 e. The molecule has 2 atom stereocenters. The molecule has 5 aromatic carbocycles. The van der Waals surface area contributed by atoms with Crippen LogP contribution in [-0.2, 0) is 12.8 Å². The van der Waals surface area contributed by atoms with E-state index in [4.69, 9.17) is 0 Å². The third-order valence-corrected chi connectivity index (χ3v) is 8.55. The van der Waals surface area contributed by atoms with Crippen molar-refractivity contribution in [2.75, 3.05) is 0 Å². The molecule has 0 spiro atoms. The number of fused-ring (bicyclic) bond motifs is 4. The van der Waals surface area contributed by atoms with E-state index in [0.717, 1.165) is 12.8 Å². The summed E-state index contributed by atoms with van der Waals surface area (Å²) < 4.78 is 0. The van der Waals surface area contributed by atoms with Gasteiger partial charge < -0.3 is 0 Å². The fourth-order valence-corrected chi connectivity index (χ4v) is 6.76. The lowest BCUT2D eigenvalue weighted by atomic mass is 9.73. The summed E-state index contributed by atoms with van der Waals surface area (Å²) in [6, 6.07) is 45.1. The van der Waals surface area contributed by atoms with Crippen LogP contribution in [0.15, 0.2) is 121 Å². The SMILES string of the molecule is Cc1ccc(C2=c3ccc4c(c3CCC2Cc2ccccc2)C(c2ccccc2)C=c2ccccc2=4)cc1. The van der Waals surface area contributed by atoms with E-state index in [1.165, 1.54) is 60.7 Å². The summed E-state index contributed by atoms with van der Waals surface area (Å²) in [6.45, 7) is 2.18. The molecule has 2 unspecified atom stereocenters. The molecule has 0 N–H and O–H groups in total. The molecular formula is C38H32. The number of hydrogen-bond donors (Lipinski definition) is 0. The molecule has 0 saturated carbocycles. The van der Waals surface area contributed by atoms with Crippen molar-refractivity contribution in [3.8, 4) is 0 Å². The Labute approximate surface area is 224 Å². The topological polar surface area (TPSA) is 0 Å². The molecule has 2 aliphatic carbocycles. The van der Waals surface area contributed by atoms with E-state index in [0.29, 0.717) is 5.92 Å². The Morgan fingerprint density at radius 1 is 0.632 bits per heavy atom. The van der Waals surface area contributed by atoms with Crippen LogP contribution in [0.25, 0.3) is 11.6 Å². The van der Waals surface area contributed by atoms with Gasteiger partial charge in [-0.15, -0.1) is 0 Å². The van der Waals surface area contributed by atoms with E-state index < -0.39 is 0 Å². The molecule has 7 rings (SSSR count). The molecule has 0 amide bonds. The van der Waals surface area contributed by atoms with Gasteiger partial charge in [-0.05, 0) is 86.4 Å². The fourth-order valence-electron chi connectivity index (χ4n) is 6.76. The lowest BCUT2D eigenvalue weighted by Crippen LogP contribution is -2.30. The highest BCUT2D eigenvalue weighted by molar-refractivity contribution is 5.71. The lowest BCUT2D eigenvalue weighted by Gasteiger charge is -2.30. The minimum atomic E-state index is 0.265. The largest absolute Gasteiger partial charge is 0.0647 e. The average Bonchev–Trinajstić information content (AvgIpc) is 2.98. The molecule has 0 radical (unpaired) electrons. The van der Waals surface area contributed by atoms with Crippen molar-refractivity contribution in [3.63, 3.8) is 0 Å². The van der Waals surface area contributed by atoms with Gasteiger partial charge in [0.1, 0.15) is 0 Å². The van der Waals surface area contributed by atoms with Gasteiger partial charge in [-0.3, -0.25) is 0 Å². The predicted octanol–water partition coefficient (Wildman–Crippen LogP) is 7.21. The fraction of sp³-hybridized carbons (Fsp3) is 0.158. The van der Waals surface area contributed by atoms with Crippen molar-refractivity contribution in [1.82, 2.24) is 0 Å². The molecule has 0 saturated heterocycles. The summed E-state index contributed by atoms with van der Waals surface area (Å²) >= 11 is 0. The molecule has 38 heavy (non-hydrogen) atoms. The second-order valence-electron chi connectivity index (χ2n) is 10.9. The van der Waals surface area contributed by atoms with Gasteiger partial charge in [0.25, 0.3) is 0 Å². The normalized spacial score (nSPS) is 17.7. The van der Waals surface area contributed by atoms with Crippen LogP contribution >= 0.6 is 0 Å². The van der Waals surface area contributed by atoms with Crippen molar-refractivity contribution < 1.29 is 0 Å². The van der Waals surface area contributed by atoms with Gasteiger partial charge in [-0.1, -0.05) is 133 Å². The van der Waals surface area contributed by atoms with E-state index in [9.17, 15) is 0 Å². The quantitative estimate of drug-likeness (QED) is 0.251. The molecule has 0 heteroatoms. The predicted molar refractivity (Wildman–Crippen MR) is 158 cm³/mol. The Morgan fingerprint density at radius 2 is 1.32 bits per heavy atom. The molecule has 0 aromatic heterocycles. The first-order valence-electron chi connectivity index (χ1n) is 13.9. The van der Waals surface area contributed by atoms with Crippen LogP contribution < -0.4 is 10.4 Å². The Balaban J connectivity index is 1.54. The number of rotatable bonds is 4. The highest BCUT2D eigenvalue weighted by Gasteiger charge is 2.28. The van der Waals surface area contributed by atoms with Crippen molar-refractivity contribution >= 4 is 11.6 Å². The summed E-state index contributed by atoms with van der Waals surface area (Å²) in [6.07, 6.45) is 5.86. The van der Waals surface area contributed by atoms with E-state index in [1.54, 1.807) is 5.56 Å². The van der Waals surface area contributed by atoms with Crippen molar-refractivity contribution in [3.05, 3.63) is 176 Å². The highest BCUT2D eigenvalue weighted by Crippen LogP contribution is 2.37. The van der Waals surface area contributed by atoms with E-state index >= 15 is 0 Å². The molecule has 0 nitrogen and oxygen atoms in total. The molecule has 5 aromatic rings. The third kappa shape index (κ3) is 4.02. The first-order chi connectivity index (χ1) is 18.8. The van der Waals surface area contributed by atoms with Gasteiger partial charge in [-0.2, -0.15) is 0 Å². The van der Waals surface area contributed by atoms with Crippen LogP contribution in [0.3, 0.4) is 0 Å². The van der Waals surface area contributed by atoms with Gasteiger partial charge in [-0.25, -0.2) is 0 Å². The maximum Gasteiger partial charge on any atom is 0.0287 e. The van der Waals surface area contributed by atoms with Crippen molar-refractivity contribution in [2.24, 2.45) is 5.92 Å². The smallest absolute Gasteiger partial charge is 0.0287 e. The standard InChI is InChI=1S/C38H32/c1-26-16-18-29(19-17-26)37-31(24-27-10-4-2-5-11-27)20-21-35-34(37)23-22-33-32-15-9-8-14-30(32)25-36(38(33)35)28-12-6-3-7-13-28/h2-19,22-23,25,31,36H,20-21,24H2,1H3. The minimum absolute atomic E-state index is 0.265. The van der Waals surface area contributed by atoms with Crippen LogP contribution in [-0.4, -0.2) is 0 Å². The molecule has 0 fully saturated rings. The van der Waals surface area contributed by atoms with Gasteiger partial charge in [0.05, 0.1) is 0 Å². The zero-order valence-corrected chi connectivity index (χ0v) is 21.9. The summed E-state index contributed by atoms with van der Waals surface area (Å²) in [7, 11) is 0. The van der Waals surface area contributed by atoms with Crippen molar-refractivity contribution in [2.45, 2.75) is 32.1 Å². The summed E-state index contributed by atoms with van der Waals surface area (Å²) in [5.41, 5.74) is 10.0. The van der Waals surface area contributed by atoms with Crippen LogP contribution in [0.5, 0.6) is 0 Å². The Hall–Kier alpha value is -4.16. The Bertz CT molecular complexity index is 1830. The van der Waals surface area contributed by atoms with Crippen molar-refractivity contribution in [1.29, 1.82) is 0 Å². The molecule has 0 heterocycles. The number of benzene rings is 5. The van der Waals surface area contributed by atoms with Crippen LogP contribution in [0.4, 0.5) is 0 Å². The monoisotopic (exact) mass is 488 g/mol. The lowest BCUT2D eigenvalue weighted by molar-refractivity contribution is 0.583. The average molecular weight is 489 g/mol. The van der Waals surface area contributed by atoms with E-state index in [-0.39, 0.29) is 5.92 Å². The van der Waals surface area contributed by atoms with E-state index in [2.05, 4.69) is 134 Å². The van der Waals surface area contributed by atoms with Crippen LogP contribution in [0.2, 0.25) is 0 Å². The summed E-state index contributed by atoms with van der Waals surface area (Å²) in [5.74, 6) is 0.765. The van der Waals surface area contributed by atoms with Gasteiger partial charge in [0.2, 0.25) is 0 Å². The second-order valence-corrected chi connectivity index (χ2v) is 10.9. The second kappa shape index (κ2) is 9.62. The van der Waals surface area contributed by atoms with E-state index in [1.807, 2.05) is 0 Å². The molecule has 184 valence electrons. The molecule has 2 aliphatic rings. The number of aryl methyl sites for hydroxylation is 1. The van der Waals surface area contributed by atoms with Crippen LogP contribution in [0, 0.1) is 23.3 Å². The zero-order chi connectivity index (χ0) is 25.5. The number of hydrogen-bond acceptors (Lipinski definition) is 0. The third-order valence-electron chi connectivity index (χ3n) is 8.55. The highest BCUT2D eigenvalue weighted by atomic mass is 14.3. The Kier molecular flexibility index (Phi) is 5.82. The first-order valence-corrected chi connectivity index (χ1v) is 13.9. The van der Waals surface area contributed by atoms with Crippen LogP contribution in [0.1, 0.15) is 45.7 Å². The molecular weight excluding hydrogens is 456 g/mol.